The standard InChI is InChI=1S/C11H6BrF3N2O4/c12-5-1-4(11(13,14)15)2-6-8(5)17(3-7(18)19)10(21)9(20)16-6/h1-2H,3H2,(H,16,20)(H,18,19). The van der Waals surface area contributed by atoms with Gasteiger partial charge in [-0.2, -0.15) is 13.2 Å². The summed E-state index contributed by atoms with van der Waals surface area (Å²) in [5.74, 6) is -1.41. The minimum atomic E-state index is -4.65. The van der Waals surface area contributed by atoms with E-state index in [0.29, 0.717) is 16.7 Å². The molecule has 2 aromatic rings. The maximum absolute atomic E-state index is 12.7. The van der Waals surface area contributed by atoms with Crippen LogP contribution in [0.1, 0.15) is 5.56 Å². The molecule has 1 aromatic carbocycles. The molecule has 0 saturated carbocycles. The molecule has 0 amide bonds. The summed E-state index contributed by atoms with van der Waals surface area (Å²) in [5, 5.41) is 8.75. The third-order valence-corrected chi connectivity index (χ3v) is 3.25. The van der Waals surface area contributed by atoms with Crippen LogP contribution in [-0.4, -0.2) is 20.6 Å². The fourth-order valence-corrected chi connectivity index (χ4v) is 2.49. The Morgan fingerprint density at radius 1 is 1.33 bits per heavy atom. The molecule has 21 heavy (non-hydrogen) atoms. The molecule has 0 aliphatic rings. The summed E-state index contributed by atoms with van der Waals surface area (Å²) >= 11 is 2.86. The van der Waals surface area contributed by atoms with Crippen molar-refractivity contribution in [3.63, 3.8) is 0 Å². The first-order chi connectivity index (χ1) is 9.61. The Morgan fingerprint density at radius 2 is 1.95 bits per heavy atom. The molecule has 0 unspecified atom stereocenters. The summed E-state index contributed by atoms with van der Waals surface area (Å²) in [4.78, 5) is 35.9. The molecule has 10 heteroatoms. The molecule has 0 saturated heterocycles. The maximum Gasteiger partial charge on any atom is 0.416 e. The van der Waals surface area contributed by atoms with Crippen LogP contribution >= 0.6 is 15.9 Å². The quantitative estimate of drug-likeness (QED) is 0.788. The highest BCUT2D eigenvalue weighted by Gasteiger charge is 2.32. The number of hydrogen-bond donors (Lipinski definition) is 2. The van der Waals surface area contributed by atoms with Crippen LogP contribution in [0.4, 0.5) is 13.2 Å². The molecular weight excluding hydrogens is 361 g/mol. The second-order valence-electron chi connectivity index (χ2n) is 4.09. The van der Waals surface area contributed by atoms with E-state index >= 15 is 0 Å². The van der Waals surface area contributed by atoms with Gasteiger partial charge in [-0.1, -0.05) is 0 Å². The summed E-state index contributed by atoms with van der Waals surface area (Å²) in [6, 6.07) is 1.34. The fraction of sp³-hybridized carbons (Fsp3) is 0.182. The number of alkyl halides is 3. The van der Waals surface area contributed by atoms with Gasteiger partial charge in [-0.05, 0) is 28.1 Å². The zero-order valence-electron chi connectivity index (χ0n) is 9.99. The third kappa shape index (κ3) is 2.84. The molecule has 0 aliphatic carbocycles. The second kappa shape index (κ2) is 5.02. The lowest BCUT2D eigenvalue weighted by molar-refractivity contribution is -0.138. The average Bonchev–Trinajstić information content (AvgIpc) is 2.32. The van der Waals surface area contributed by atoms with E-state index in [1.54, 1.807) is 0 Å². The maximum atomic E-state index is 12.7. The predicted molar refractivity (Wildman–Crippen MR) is 69.2 cm³/mol. The first-order valence-corrected chi connectivity index (χ1v) is 6.16. The SMILES string of the molecule is O=C(O)Cn1c(=O)c(=O)[nH]c2cc(C(F)(F)F)cc(Br)c21. The molecule has 0 fully saturated rings. The fourth-order valence-electron chi connectivity index (χ4n) is 1.82. The van der Waals surface area contributed by atoms with Crippen molar-refractivity contribution in [1.29, 1.82) is 0 Å². The van der Waals surface area contributed by atoms with Crippen molar-refractivity contribution in [2.24, 2.45) is 0 Å². The van der Waals surface area contributed by atoms with Gasteiger partial charge in [-0.3, -0.25) is 19.0 Å². The number of carboxylic acids is 1. The van der Waals surface area contributed by atoms with Gasteiger partial charge < -0.3 is 10.1 Å². The first kappa shape index (κ1) is 15.3. The number of halogens is 4. The number of fused-ring (bicyclic) bond motifs is 1. The zero-order chi connectivity index (χ0) is 15.9. The van der Waals surface area contributed by atoms with Crippen molar-refractivity contribution < 1.29 is 23.1 Å². The van der Waals surface area contributed by atoms with Gasteiger partial charge in [0.15, 0.2) is 0 Å². The van der Waals surface area contributed by atoms with Crippen molar-refractivity contribution >= 4 is 32.9 Å². The number of aromatic nitrogens is 2. The molecule has 0 aliphatic heterocycles. The molecule has 0 bridgehead atoms. The first-order valence-electron chi connectivity index (χ1n) is 5.36. The van der Waals surface area contributed by atoms with Gasteiger partial charge in [-0.25, -0.2) is 0 Å². The van der Waals surface area contributed by atoms with Crippen LogP contribution in [0.3, 0.4) is 0 Å². The summed E-state index contributed by atoms with van der Waals surface area (Å²) in [6.07, 6.45) is -4.65. The molecule has 0 spiro atoms. The largest absolute Gasteiger partial charge is 0.480 e. The number of carbonyl (C=O) groups is 1. The number of aliphatic carboxylic acids is 1. The van der Waals surface area contributed by atoms with Crippen LogP contribution in [0.2, 0.25) is 0 Å². The number of hydrogen-bond acceptors (Lipinski definition) is 3. The number of carboxylic acid groups (broad SMARTS) is 1. The molecule has 6 nitrogen and oxygen atoms in total. The van der Waals surface area contributed by atoms with Gasteiger partial charge in [-0.15, -0.1) is 0 Å². The summed E-state index contributed by atoms with van der Waals surface area (Å²) < 4.78 is 38.6. The number of aromatic amines is 1. The van der Waals surface area contributed by atoms with Gasteiger partial charge in [0, 0.05) is 4.47 Å². The van der Waals surface area contributed by atoms with Crippen LogP contribution in [0.25, 0.3) is 11.0 Å². The van der Waals surface area contributed by atoms with E-state index in [9.17, 15) is 27.6 Å². The topological polar surface area (TPSA) is 92.2 Å². The summed E-state index contributed by atoms with van der Waals surface area (Å²) in [6.45, 7) is -0.844. The monoisotopic (exact) mass is 366 g/mol. The Balaban J connectivity index is 2.92. The molecule has 2 rings (SSSR count). The van der Waals surface area contributed by atoms with Gasteiger partial charge >= 0.3 is 23.3 Å². The van der Waals surface area contributed by atoms with E-state index in [-0.39, 0.29) is 15.5 Å². The Morgan fingerprint density at radius 3 is 2.48 bits per heavy atom. The molecule has 1 aromatic heterocycles. The van der Waals surface area contributed by atoms with E-state index in [1.807, 2.05) is 4.98 Å². The van der Waals surface area contributed by atoms with Gasteiger partial charge in [0.05, 0.1) is 16.6 Å². The van der Waals surface area contributed by atoms with E-state index in [2.05, 4.69) is 15.9 Å². The summed E-state index contributed by atoms with van der Waals surface area (Å²) in [5.41, 5.74) is -3.82. The zero-order valence-corrected chi connectivity index (χ0v) is 11.6. The lowest BCUT2D eigenvalue weighted by Gasteiger charge is -2.12. The minimum absolute atomic E-state index is 0.130. The number of nitrogens with zero attached hydrogens (tertiary/aromatic N) is 1. The van der Waals surface area contributed by atoms with Crippen LogP contribution in [0.15, 0.2) is 26.2 Å². The Labute approximate surface area is 122 Å². The highest BCUT2D eigenvalue weighted by atomic mass is 79.9. The van der Waals surface area contributed by atoms with Crippen molar-refractivity contribution in [2.45, 2.75) is 12.7 Å². The second-order valence-corrected chi connectivity index (χ2v) is 4.95. The molecule has 0 atom stereocenters. The summed E-state index contributed by atoms with van der Waals surface area (Å²) in [7, 11) is 0. The Kier molecular flexibility index (Phi) is 3.66. The number of benzene rings is 1. The van der Waals surface area contributed by atoms with E-state index in [4.69, 9.17) is 5.11 Å². The highest BCUT2D eigenvalue weighted by molar-refractivity contribution is 9.10. The predicted octanol–water partition coefficient (Wildman–Crippen LogP) is 1.56. The third-order valence-electron chi connectivity index (χ3n) is 2.64. The highest BCUT2D eigenvalue weighted by Crippen LogP contribution is 2.34. The molecule has 2 N–H and O–H groups in total. The number of rotatable bonds is 2. The average molecular weight is 367 g/mol. The van der Waals surface area contributed by atoms with Crippen LogP contribution in [-0.2, 0) is 17.5 Å². The van der Waals surface area contributed by atoms with Gasteiger partial charge in [0.1, 0.15) is 6.54 Å². The van der Waals surface area contributed by atoms with Crippen molar-refractivity contribution in [3.8, 4) is 0 Å². The van der Waals surface area contributed by atoms with Gasteiger partial charge in [0.25, 0.3) is 0 Å². The molecule has 1 heterocycles. The number of H-pyrrole nitrogens is 1. The van der Waals surface area contributed by atoms with E-state index < -0.39 is 35.4 Å². The molecule has 0 radical (unpaired) electrons. The lowest BCUT2D eigenvalue weighted by atomic mass is 10.2. The smallest absolute Gasteiger partial charge is 0.416 e. The van der Waals surface area contributed by atoms with Crippen LogP contribution in [0, 0.1) is 0 Å². The Hall–Kier alpha value is -2.10. The molecular formula is C11H6BrF3N2O4. The normalized spacial score (nSPS) is 11.8. The van der Waals surface area contributed by atoms with Crippen LogP contribution < -0.4 is 11.1 Å². The Bertz CT molecular complexity index is 853. The van der Waals surface area contributed by atoms with E-state index in [1.165, 1.54) is 0 Å². The lowest BCUT2D eigenvalue weighted by Crippen LogP contribution is -2.38. The van der Waals surface area contributed by atoms with E-state index in [0.717, 1.165) is 0 Å². The van der Waals surface area contributed by atoms with Crippen molar-refractivity contribution in [3.05, 3.63) is 42.9 Å². The number of nitrogens with one attached hydrogen (secondary N) is 1. The van der Waals surface area contributed by atoms with Crippen molar-refractivity contribution in [2.75, 3.05) is 0 Å². The van der Waals surface area contributed by atoms with Gasteiger partial charge in [0.2, 0.25) is 0 Å². The van der Waals surface area contributed by atoms with Crippen molar-refractivity contribution in [1.82, 2.24) is 9.55 Å². The molecule has 112 valence electrons. The minimum Gasteiger partial charge on any atom is -0.480 e. The van der Waals surface area contributed by atoms with Crippen LogP contribution in [0.5, 0.6) is 0 Å².